The van der Waals surface area contributed by atoms with Crippen molar-refractivity contribution in [1.29, 1.82) is 0 Å². The fourth-order valence-electron chi connectivity index (χ4n) is 8.70. The first-order valence-electron chi connectivity index (χ1n) is 22.5. The summed E-state index contributed by atoms with van der Waals surface area (Å²) in [7, 11) is 0. The number of aromatic amines is 1. The average Bonchev–Trinajstić information content (AvgIpc) is 4.27. The summed E-state index contributed by atoms with van der Waals surface area (Å²) in [5, 5.41) is 9.82. The standard InChI is InChI=1S/2C25H22N6O2S/c2*1-16-22(30-13-17(14-32)10-11-19(30)27-16)25-28-21(18-7-3-2-4-8-18)23(34-25)24-26-15-31(29-24)20-9-5-6-12-33-20/h2*2-4,7-8,10-11,13-15,20H,5-6,9,12H2,1H3/p+1. The second kappa shape index (κ2) is 18.7. The quantitative estimate of drug-likeness (QED) is 0.102. The first-order valence-corrected chi connectivity index (χ1v) is 24.2. The Bertz CT molecular complexity index is 3190. The highest BCUT2D eigenvalue weighted by Crippen LogP contribution is 2.42. The third-order valence-corrected chi connectivity index (χ3v) is 14.2. The maximum absolute atomic E-state index is 11.4. The summed E-state index contributed by atoms with van der Waals surface area (Å²) >= 11 is 3.09. The van der Waals surface area contributed by atoms with E-state index in [0.29, 0.717) is 17.0 Å². The van der Waals surface area contributed by atoms with Gasteiger partial charge in [0.25, 0.3) is 5.82 Å². The van der Waals surface area contributed by atoms with Gasteiger partial charge in [0, 0.05) is 47.7 Å². The lowest BCUT2D eigenvalue weighted by Crippen LogP contribution is -2.43. The molecule has 2 unspecified atom stereocenters. The average molecular weight is 942 g/mol. The molecule has 1 N–H and O–H groups in total. The Balaban J connectivity index is 0.000000149. The van der Waals surface area contributed by atoms with Crippen LogP contribution in [0.2, 0.25) is 0 Å². The second-order valence-corrected chi connectivity index (χ2v) is 18.6. The SMILES string of the molecule is Cc1nc2ccc(C=O)cn2c1-c1nc(-c2ccccc2)c(-c2nc[n+](C3CCCCO3)[nH]2)s1.Cc1nc2ccc(C=O)cn2c1-c1nc(-c2ccccc2)c(-c2ncn(C3CCCCO3)n2)s1. The highest BCUT2D eigenvalue weighted by atomic mass is 32.1. The van der Waals surface area contributed by atoms with Crippen LogP contribution in [0.15, 0.2) is 110 Å². The predicted octanol–water partition coefficient (Wildman–Crippen LogP) is 9.83. The molecule has 2 aromatic carbocycles. The van der Waals surface area contributed by atoms with Crippen LogP contribution in [0.3, 0.4) is 0 Å². The van der Waals surface area contributed by atoms with Crippen molar-refractivity contribution in [3.8, 4) is 65.3 Å². The maximum Gasteiger partial charge on any atom is 0.309 e. The molecule has 10 aromatic rings. The molecule has 0 aliphatic carbocycles. The smallest absolute Gasteiger partial charge is 0.309 e. The van der Waals surface area contributed by atoms with Crippen molar-refractivity contribution in [2.45, 2.75) is 64.8 Å². The van der Waals surface area contributed by atoms with Gasteiger partial charge in [-0.3, -0.25) is 18.4 Å². The molecule has 340 valence electrons. The van der Waals surface area contributed by atoms with Crippen molar-refractivity contribution in [3.05, 3.63) is 132 Å². The minimum atomic E-state index is -0.0784. The van der Waals surface area contributed by atoms with Crippen LogP contribution in [-0.4, -0.2) is 79.4 Å². The lowest BCUT2D eigenvalue weighted by molar-refractivity contribution is -0.811. The number of H-pyrrole nitrogens is 1. The summed E-state index contributed by atoms with van der Waals surface area (Å²) in [4.78, 5) is 53.4. The molecule has 2 aliphatic rings. The molecule has 8 aromatic heterocycles. The Kier molecular flexibility index (Phi) is 11.9. The van der Waals surface area contributed by atoms with Crippen molar-refractivity contribution < 1.29 is 23.7 Å². The van der Waals surface area contributed by atoms with Crippen molar-refractivity contribution in [2.75, 3.05) is 13.2 Å². The monoisotopic (exact) mass is 941 g/mol. The molecular weight excluding hydrogens is 897 g/mol. The number of hydrogen-bond acceptors (Lipinski definition) is 13. The molecule has 0 spiro atoms. The van der Waals surface area contributed by atoms with Crippen LogP contribution in [0.4, 0.5) is 0 Å². The summed E-state index contributed by atoms with van der Waals surface area (Å²) in [6.07, 6.45) is 15.1. The van der Waals surface area contributed by atoms with Crippen LogP contribution in [0, 0.1) is 13.8 Å². The number of carbonyl (C=O) groups is 2. The number of nitrogens with zero attached hydrogens (tertiary/aromatic N) is 11. The fraction of sp³-hybridized carbons (Fsp3) is 0.240. The summed E-state index contributed by atoms with van der Waals surface area (Å²) in [5.41, 5.74) is 9.84. The van der Waals surface area contributed by atoms with E-state index in [-0.39, 0.29) is 12.5 Å². The van der Waals surface area contributed by atoms with E-state index >= 15 is 0 Å². The molecule has 2 saturated heterocycles. The number of carbonyl (C=O) groups excluding carboxylic acids is 2. The third kappa shape index (κ3) is 8.36. The van der Waals surface area contributed by atoms with Gasteiger partial charge in [-0.05, 0) is 75.2 Å². The zero-order chi connectivity index (χ0) is 46.1. The van der Waals surface area contributed by atoms with Crippen molar-refractivity contribution >= 4 is 46.5 Å². The first-order chi connectivity index (χ1) is 33.4. The van der Waals surface area contributed by atoms with E-state index in [1.54, 1.807) is 42.3 Å². The van der Waals surface area contributed by atoms with Gasteiger partial charge in [0.05, 0.1) is 29.4 Å². The highest BCUT2D eigenvalue weighted by Gasteiger charge is 2.29. The fourth-order valence-corrected chi connectivity index (χ4v) is 10.9. The van der Waals surface area contributed by atoms with Gasteiger partial charge in [-0.1, -0.05) is 60.7 Å². The van der Waals surface area contributed by atoms with E-state index in [0.717, 1.165) is 146 Å². The van der Waals surface area contributed by atoms with Crippen molar-refractivity contribution in [3.63, 3.8) is 0 Å². The summed E-state index contributed by atoms with van der Waals surface area (Å²) < 4.78 is 19.4. The summed E-state index contributed by atoms with van der Waals surface area (Å²) in [6.45, 7) is 5.44. The Labute approximate surface area is 398 Å². The van der Waals surface area contributed by atoms with Gasteiger partial charge in [0.2, 0.25) is 6.23 Å². The Morgan fingerprint density at radius 2 is 1.24 bits per heavy atom. The number of aryl methyl sites for hydroxylation is 2. The van der Waals surface area contributed by atoms with Crippen molar-refractivity contribution in [2.24, 2.45) is 0 Å². The highest BCUT2D eigenvalue weighted by molar-refractivity contribution is 7.19. The first kappa shape index (κ1) is 43.2. The van der Waals surface area contributed by atoms with Gasteiger partial charge in [0.1, 0.15) is 48.8 Å². The number of hydrogen-bond donors (Lipinski definition) is 1. The number of aromatic nitrogens is 12. The number of benzene rings is 2. The van der Waals surface area contributed by atoms with Crippen LogP contribution < -0.4 is 4.68 Å². The number of ether oxygens (including phenoxy) is 2. The van der Waals surface area contributed by atoms with E-state index in [4.69, 9.17) is 24.5 Å². The van der Waals surface area contributed by atoms with Gasteiger partial charge < -0.3 is 9.47 Å². The molecular formula is C50H45N12O4S2+. The molecule has 0 amide bonds. The number of thiazole rings is 2. The van der Waals surface area contributed by atoms with Crippen LogP contribution in [-0.2, 0) is 9.47 Å². The normalized spacial score (nSPS) is 16.2. The molecule has 18 heteroatoms. The lowest BCUT2D eigenvalue weighted by atomic mass is 10.1. The number of fused-ring (bicyclic) bond motifs is 2. The van der Waals surface area contributed by atoms with Gasteiger partial charge in [-0.2, -0.15) is 5.10 Å². The van der Waals surface area contributed by atoms with Gasteiger partial charge in [-0.15, -0.1) is 32.5 Å². The predicted molar refractivity (Wildman–Crippen MR) is 258 cm³/mol. The van der Waals surface area contributed by atoms with Gasteiger partial charge in [-0.25, -0.2) is 29.6 Å². The van der Waals surface area contributed by atoms with E-state index in [2.05, 4.69) is 37.2 Å². The molecule has 0 radical (unpaired) electrons. The van der Waals surface area contributed by atoms with Crippen LogP contribution in [0.5, 0.6) is 0 Å². The molecule has 2 aliphatic heterocycles. The second-order valence-electron chi connectivity index (χ2n) is 16.6. The Hall–Kier alpha value is -7.38. The minimum absolute atomic E-state index is 0.0228. The number of nitrogens with one attached hydrogen (secondary N) is 1. The molecule has 68 heavy (non-hydrogen) atoms. The third-order valence-electron chi connectivity index (χ3n) is 12.0. The maximum atomic E-state index is 11.4. The molecule has 0 saturated carbocycles. The van der Waals surface area contributed by atoms with E-state index < -0.39 is 0 Å². The summed E-state index contributed by atoms with van der Waals surface area (Å²) in [6, 6.07) is 27.4. The van der Waals surface area contributed by atoms with Gasteiger partial charge >= 0.3 is 6.33 Å². The van der Waals surface area contributed by atoms with Crippen LogP contribution >= 0.6 is 22.7 Å². The van der Waals surface area contributed by atoms with Crippen LogP contribution in [0.1, 0.15) is 83.1 Å². The molecule has 10 heterocycles. The van der Waals surface area contributed by atoms with E-state index in [1.807, 2.05) is 98.9 Å². The lowest BCUT2D eigenvalue weighted by Gasteiger charge is -2.21. The number of rotatable bonds is 10. The largest absolute Gasteiger partial charge is 0.356 e. The Morgan fingerprint density at radius 1 is 0.662 bits per heavy atom. The number of pyridine rings is 2. The number of imidazole rings is 2. The Morgan fingerprint density at radius 3 is 1.79 bits per heavy atom. The zero-order valence-corrected chi connectivity index (χ0v) is 38.9. The zero-order valence-electron chi connectivity index (χ0n) is 37.2. The van der Waals surface area contributed by atoms with Gasteiger partial charge in [0.15, 0.2) is 24.6 Å². The molecule has 0 bridgehead atoms. The van der Waals surface area contributed by atoms with Crippen LogP contribution in [0.25, 0.3) is 76.6 Å². The molecule has 12 rings (SSSR count). The minimum Gasteiger partial charge on any atom is -0.356 e. The summed E-state index contributed by atoms with van der Waals surface area (Å²) in [5.74, 6) is 1.37. The topological polar surface area (TPSA) is 176 Å². The van der Waals surface area contributed by atoms with E-state index in [1.165, 1.54) is 11.3 Å². The molecule has 16 nitrogen and oxygen atoms in total. The molecule has 2 atom stereocenters. The van der Waals surface area contributed by atoms with Crippen molar-refractivity contribution in [1.82, 2.24) is 53.6 Å². The number of aldehydes is 2. The molecule has 2 fully saturated rings. The van der Waals surface area contributed by atoms with E-state index in [9.17, 15) is 9.59 Å².